The summed E-state index contributed by atoms with van der Waals surface area (Å²) in [4.78, 5) is 39.4. The first-order valence-electron chi connectivity index (χ1n) is 10.6. The maximum Gasteiger partial charge on any atom is 0.416 e. The average molecular weight is 433 g/mol. The van der Waals surface area contributed by atoms with E-state index in [1.54, 1.807) is 7.11 Å². The lowest BCUT2D eigenvalue weighted by molar-refractivity contribution is -0.129. The minimum Gasteiger partial charge on any atom is -0.497 e. The van der Waals surface area contributed by atoms with E-state index in [1.807, 2.05) is 40.9 Å². The molecule has 3 unspecified atom stereocenters. The van der Waals surface area contributed by atoms with Crippen LogP contribution in [0.25, 0.3) is 0 Å². The number of benzene rings is 1. The second kappa shape index (κ2) is 9.29. The molecule has 8 heteroatoms. The zero-order valence-corrected chi connectivity index (χ0v) is 18.1. The fourth-order valence-corrected chi connectivity index (χ4v) is 6.35. The number of unbranched alkanes of at least 4 members (excludes halogenated alkanes) is 1. The molecule has 0 spiro atoms. The highest BCUT2D eigenvalue weighted by molar-refractivity contribution is 8.00. The van der Waals surface area contributed by atoms with Gasteiger partial charge < -0.3 is 14.4 Å². The second-order valence-electron chi connectivity index (χ2n) is 8.08. The van der Waals surface area contributed by atoms with Gasteiger partial charge in [0.2, 0.25) is 11.8 Å². The van der Waals surface area contributed by atoms with Crippen LogP contribution < -0.4 is 4.74 Å². The predicted molar refractivity (Wildman–Crippen MR) is 113 cm³/mol. The number of imide groups is 1. The van der Waals surface area contributed by atoms with Gasteiger partial charge in [0.05, 0.1) is 13.7 Å². The first kappa shape index (κ1) is 21.0. The molecule has 0 N–H and O–H groups in total. The number of rotatable bonds is 8. The Bertz CT molecular complexity index is 799. The number of carbonyl (C=O) groups excluding carboxylic acids is 3. The molecule has 0 bridgehead atoms. The Balaban J connectivity index is 1.24. The molecule has 3 amide bonds. The van der Waals surface area contributed by atoms with Crippen LogP contribution in [0.2, 0.25) is 0 Å². The fraction of sp³-hybridized carbons (Fsp3) is 0.591. The molecule has 30 heavy (non-hydrogen) atoms. The topological polar surface area (TPSA) is 76.2 Å². The molecule has 3 fully saturated rings. The van der Waals surface area contributed by atoms with Crippen LogP contribution >= 0.6 is 11.8 Å². The number of methoxy groups -OCH3 is 1. The van der Waals surface area contributed by atoms with E-state index in [0.29, 0.717) is 49.7 Å². The van der Waals surface area contributed by atoms with Gasteiger partial charge >= 0.3 is 6.09 Å². The van der Waals surface area contributed by atoms with Crippen molar-refractivity contribution in [1.82, 2.24) is 9.80 Å². The van der Waals surface area contributed by atoms with E-state index in [9.17, 15) is 14.4 Å². The summed E-state index contributed by atoms with van der Waals surface area (Å²) in [5.74, 6) is 2.30. The maximum atomic E-state index is 12.7. The van der Waals surface area contributed by atoms with Gasteiger partial charge in [0, 0.05) is 42.3 Å². The van der Waals surface area contributed by atoms with E-state index in [1.165, 1.54) is 4.90 Å². The van der Waals surface area contributed by atoms with Crippen molar-refractivity contribution in [3.8, 4) is 5.75 Å². The molecule has 162 valence electrons. The zero-order valence-electron chi connectivity index (χ0n) is 17.2. The van der Waals surface area contributed by atoms with Gasteiger partial charge in [-0.05, 0) is 30.5 Å². The van der Waals surface area contributed by atoms with Gasteiger partial charge in [-0.2, -0.15) is 11.8 Å². The smallest absolute Gasteiger partial charge is 0.416 e. The molecular formula is C22H28N2O5S. The Morgan fingerprint density at radius 3 is 2.73 bits per heavy atom. The van der Waals surface area contributed by atoms with Gasteiger partial charge in [0.1, 0.15) is 12.4 Å². The van der Waals surface area contributed by atoms with Gasteiger partial charge in [0.25, 0.3) is 0 Å². The monoisotopic (exact) mass is 432 g/mol. The number of hydrogen-bond acceptors (Lipinski definition) is 6. The Labute approximate surface area is 181 Å². The van der Waals surface area contributed by atoms with Crippen molar-refractivity contribution in [3.63, 3.8) is 0 Å². The number of ether oxygens (including phenoxy) is 2. The molecule has 3 saturated heterocycles. The zero-order chi connectivity index (χ0) is 21.1. The highest BCUT2D eigenvalue weighted by Gasteiger charge is 2.47. The summed E-state index contributed by atoms with van der Waals surface area (Å²) in [5, 5.41) is 0.465. The fourth-order valence-electron chi connectivity index (χ4n) is 4.62. The van der Waals surface area contributed by atoms with Gasteiger partial charge in [-0.1, -0.05) is 18.6 Å². The Hall–Kier alpha value is -2.22. The van der Waals surface area contributed by atoms with E-state index in [0.717, 1.165) is 36.3 Å². The van der Waals surface area contributed by atoms with E-state index >= 15 is 0 Å². The SMILES string of the molecule is COc1ccc(CN2C(=O)CC3C(CCCCC(=O)N4CCOC4=O)SCC32)cc1. The van der Waals surface area contributed by atoms with Crippen LogP contribution in [0, 0.1) is 5.92 Å². The summed E-state index contributed by atoms with van der Waals surface area (Å²) < 4.78 is 10.0. The summed E-state index contributed by atoms with van der Waals surface area (Å²) in [7, 11) is 1.65. The van der Waals surface area contributed by atoms with E-state index in [-0.39, 0.29) is 11.8 Å². The standard InChI is InChI=1S/C22H28N2O5S/c1-28-16-8-6-15(7-9-16)13-24-18-14-30-19(17(18)12-21(24)26)4-2-3-5-20(25)23-10-11-29-22(23)27/h6-9,17-19H,2-5,10-14H2,1H3. The lowest BCUT2D eigenvalue weighted by Crippen LogP contribution is -2.35. The Morgan fingerprint density at radius 2 is 2.03 bits per heavy atom. The third kappa shape index (κ3) is 4.43. The minimum atomic E-state index is -0.518. The minimum absolute atomic E-state index is 0.142. The van der Waals surface area contributed by atoms with Crippen LogP contribution in [0.3, 0.4) is 0 Å². The molecule has 0 radical (unpaired) electrons. The number of nitrogens with zero attached hydrogens (tertiary/aromatic N) is 2. The van der Waals surface area contributed by atoms with Gasteiger partial charge in [-0.15, -0.1) is 0 Å². The van der Waals surface area contributed by atoms with Gasteiger partial charge in [-0.3, -0.25) is 9.59 Å². The second-order valence-corrected chi connectivity index (χ2v) is 9.35. The summed E-state index contributed by atoms with van der Waals surface area (Å²) in [6, 6.07) is 8.21. The molecule has 7 nitrogen and oxygen atoms in total. The first-order chi connectivity index (χ1) is 14.6. The van der Waals surface area contributed by atoms with Gasteiger partial charge in [-0.25, -0.2) is 9.69 Å². The van der Waals surface area contributed by atoms with Crippen molar-refractivity contribution in [2.45, 2.75) is 49.9 Å². The molecule has 4 rings (SSSR count). The third-order valence-corrected chi connectivity index (χ3v) is 7.83. The lowest BCUT2D eigenvalue weighted by atomic mass is 9.94. The van der Waals surface area contributed by atoms with E-state index < -0.39 is 6.09 Å². The number of fused-ring (bicyclic) bond motifs is 1. The van der Waals surface area contributed by atoms with Crippen LogP contribution in [-0.4, -0.2) is 65.0 Å². The quantitative estimate of drug-likeness (QED) is 0.588. The van der Waals surface area contributed by atoms with Gasteiger partial charge in [0.15, 0.2) is 0 Å². The highest BCUT2D eigenvalue weighted by atomic mass is 32.2. The molecule has 0 saturated carbocycles. The maximum absolute atomic E-state index is 12.7. The van der Waals surface area contributed by atoms with Crippen molar-refractivity contribution in [1.29, 1.82) is 0 Å². The number of carbonyl (C=O) groups is 3. The third-order valence-electron chi connectivity index (χ3n) is 6.29. The number of amides is 3. The highest BCUT2D eigenvalue weighted by Crippen LogP contribution is 2.45. The molecule has 0 aliphatic carbocycles. The van der Waals surface area contributed by atoms with Crippen molar-refractivity contribution < 1.29 is 23.9 Å². The van der Waals surface area contributed by atoms with E-state index in [4.69, 9.17) is 9.47 Å². The molecule has 3 aliphatic heterocycles. The Kier molecular flexibility index (Phi) is 6.51. The first-order valence-corrected chi connectivity index (χ1v) is 11.6. The van der Waals surface area contributed by atoms with Crippen molar-refractivity contribution in [2.24, 2.45) is 5.92 Å². The largest absolute Gasteiger partial charge is 0.497 e. The number of hydrogen-bond donors (Lipinski definition) is 0. The molecular weight excluding hydrogens is 404 g/mol. The van der Waals surface area contributed by atoms with Crippen LogP contribution in [-0.2, 0) is 20.9 Å². The van der Waals surface area contributed by atoms with Crippen molar-refractivity contribution in [3.05, 3.63) is 29.8 Å². The Morgan fingerprint density at radius 1 is 1.23 bits per heavy atom. The van der Waals surface area contributed by atoms with E-state index in [2.05, 4.69) is 0 Å². The predicted octanol–water partition coefficient (Wildman–Crippen LogP) is 3.07. The molecule has 1 aromatic carbocycles. The summed E-state index contributed by atoms with van der Waals surface area (Å²) in [6.45, 7) is 1.32. The van der Waals surface area contributed by atoms with Crippen molar-refractivity contribution >= 4 is 29.7 Å². The summed E-state index contributed by atoms with van der Waals surface area (Å²) in [6.07, 6.45) is 3.19. The summed E-state index contributed by atoms with van der Waals surface area (Å²) in [5.41, 5.74) is 1.12. The van der Waals surface area contributed by atoms with Crippen LogP contribution in [0.4, 0.5) is 4.79 Å². The molecule has 1 aromatic rings. The molecule has 3 heterocycles. The van der Waals surface area contributed by atoms with Crippen LogP contribution in [0.15, 0.2) is 24.3 Å². The van der Waals surface area contributed by atoms with Crippen LogP contribution in [0.1, 0.15) is 37.7 Å². The lowest BCUT2D eigenvalue weighted by Gasteiger charge is -2.24. The normalized spacial score (nSPS) is 25.6. The number of cyclic esters (lactones) is 1. The molecule has 0 aromatic heterocycles. The molecule has 3 atom stereocenters. The number of likely N-dealkylation sites (tertiary alicyclic amines) is 1. The summed E-state index contributed by atoms with van der Waals surface area (Å²) >= 11 is 1.96. The number of thioether (sulfide) groups is 1. The average Bonchev–Trinajstić information content (AvgIpc) is 3.43. The van der Waals surface area contributed by atoms with Crippen molar-refractivity contribution in [2.75, 3.05) is 26.0 Å². The molecule has 3 aliphatic rings. The van der Waals surface area contributed by atoms with Crippen LogP contribution in [0.5, 0.6) is 5.75 Å².